The first-order valence-electron chi connectivity index (χ1n) is 7.56. The third kappa shape index (κ3) is 2.18. The number of fused-ring (bicyclic) bond motifs is 2. The first-order chi connectivity index (χ1) is 10.3. The van der Waals surface area contributed by atoms with Gasteiger partial charge in [-0.15, -0.1) is 0 Å². The van der Waals surface area contributed by atoms with Crippen molar-refractivity contribution >= 4 is 0 Å². The van der Waals surface area contributed by atoms with E-state index >= 15 is 0 Å². The fraction of sp³-hybridized carbons (Fsp3) is 0.333. The Labute approximate surface area is 124 Å². The smallest absolute Gasteiger partial charge is 0.161 e. The topological polar surface area (TPSA) is 44.5 Å². The first kappa shape index (κ1) is 12.7. The van der Waals surface area contributed by atoms with Crippen molar-refractivity contribution in [3.05, 3.63) is 59.2 Å². The van der Waals surface area contributed by atoms with Crippen LogP contribution in [0.4, 0.5) is 0 Å². The first-order valence-corrected chi connectivity index (χ1v) is 7.56. The van der Waals surface area contributed by atoms with Gasteiger partial charge in [0.2, 0.25) is 0 Å². The molecule has 108 valence electrons. The Morgan fingerprint density at radius 2 is 1.81 bits per heavy atom. The summed E-state index contributed by atoms with van der Waals surface area (Å²) in [6.45, 7) is 1.23. The van der Waals surface area contributed by atoms with Crippen molar-refractivity contribution < 1.29 is 9.47 Å². The Balaban J connectivity index is 1.65. The molecule has 3 heteroatoms. The van der Waals surface area contributed by atoms with Crippen molar-refractivity contribution in [2.45, 2.75) is 24.8 Å². The molecule has 2 unspecified atom stereocenters. The second kappa shape index (κ2) is 5.08. The summed E-state index contributed by atoms with van der Waals surface area (Å²) in [7, 11) is 0. The summed E-state index contributed by atoms with van der Waals surface area (Å²) in [5.41, 5.74) is 10.5. The predicted molar refractivity (Wildman–Crippen MR) is 81.9 cm³/mol. The molecule has 0 bridgehead atoms. The standard InChI is InChI=1S/C18H19NO2/c19-18(15-7-5-12-3-1-2-4-14(12)15)13-6-8-16-17(11-13)21-10-9-20-16/h1-4,6,8,11,15,18H,5,7,9-10,19H2. The summed E-state index contributed by atoms with van der Waals surface area (Å²) in [5.74, 6) is 2.04. The van der Waals surface area contributed by atoms with Crippen LogP contribution in [0.2, 0.25) is 0 Å². The third-order valence-corrected chi connectivity index (χ3v) is 4.56. The lowest BCUT2D eigenvalue weighted by Gasteiger charge is -2.24. The number of ether oxygens (including phenoxy) is 2. The molecule has 0 radical (unpaired) electrons. The second-order valence-corrected chi connectivity index (χ2v) is 5.77. The van der Waals surface area contributed by atoms with Gasteiger partial charge >= 0.3 is 0 Å². The van der Waals surface area contributed by atoms with Crippen molar-refractivity contribution in [3.8, 4) is 11.5 Å². The van der Waals surface area contributed by atoms with E-state index in [9.17, 15) is 0 Å². The third-order valence-electron chi connectivity index (χ3n) is 4.56. The van der Waals surface area contributed by atoms with Crippen molar-refractivity contribution in [2.24, 2.45) is 5.73 Å². The Morgan fingerprint density at radius 3 is 2.71 bits per heavy atom. The SMILES string of the molecule is NC(c1ccc2c(c1)OCCO2)C1CCc2ccccc21. The Kier molecular flexibility index (Phi) is 3.08. The van der Waals surface area contributed by atoms with Gasteiger partial charge in [0.25, 0.3) is 0 Å². The van der Waals surface area contributed by atoms with Gasteiger partial charge in [0.05, 0.1) is 0 Å². The van der Waals surface area contributed by atoms with E-state index in [4.69, 9.17) is 15.2 Å². The van der Waals surface area contributed by atoms with Crippen LogP contribution in [0, 0.1) is 0 Å². The summed E-state index contributed by atoms with van der Waals surface area (Å²) < 4.78 is 11.2. The molecule has 3 nitrogen and oxygen atoms in total. The van der Waals surface area contributed by atoms with Crippen LogP contribution in [0.15, 0.2) is 42.5 Å². The van der Waals surface area contributed by atoms with Crippen LogP contribution < -0.4 is 15.2 Å². The van der Waals surface area contributed by atoms with Gasteiger partial charge in [-0.25, -0.2) is 0 Å². The summed E-state index contributed by atoms with van der Waals surface area (Å²) in [6.07, 6.45) is 2.24. The number of benzene rings is 2. The Hall–Kier alpha value is -2.00. The molecule has 2 aromatic carbocycles. The fourth-order valence-electron chi connectivity index (χ4n) is 3.46. The van der Waals surface area contributed by atoms with E-state index in [0.717, 1.165) is 29.9 Å². The van der Waals surface area contributed by atoms with Gasteiger partial charge in [0, 0.05) is 12.0 Å². The van der Waals surface area contributed by atoms with E-state index in [1.54, 1.807) is 0 Å². The van der Waals surface area contributed by atoms with Crippen molar-refractivity contribution in [2.75, 3.05) is 13.2 Å². The molecule has 0 aromatic heterocycles. The zero-order chi connectivity index (χ0) is 14.2. The number of hydrogen-bond donors (Lipinski definition) is 1. The number of hydrogen-bond acceptors (Lipinski definition) is 3. The number of nitrogens with two attached hydrogens (primary N) is 1. The van der Waals surface area contributed by atoms with Gasteiger partial charge in [0.15, 0.2) is 11.5 Å². The Bertz CT molecular complexity index is 668. The molecule has 0 spiro atoms. The quantitative estimate of drug-likeness (QED) is 0.919. The minimum atomic E-state index is 0.00414. The zero-order valence-corrected chi connectivity index (χ0v) is 11.9. The van der Waals surface area contributed by atoms with Crippen LogP contribution in [0.3, 0.4) is 0 Å². The van der Waals surface area contributed by atoms with Gasteiger partial charge in [-0.05, 0) is 41.7 Å². The fourth-order valence-corrected chi connectivity index (χ4v) is 3.46. The van der Waals surface area contributed by atoms with Crippen LogP contribution in [0.5, 0.6) is 11.5 Å². The highest BCUT2D eigenvalue weighted by molar-refractivity contribution is 5.46. The maximum absolute atomic E-state index is 6.55. The molecular formula is C18H19NO2. The van der Waals surface area contributed by atoms with Crippen molar-refractivity contribution in [3.63, 3.8) is 0 Å². The van der Waals surface area contributed by atoms with Crippen LogP contribution >= 0.6 is 0 Å². The average Bonchev–Trinajstić information content (AvgIpc) is 2.98. The number of rotatable bonds is 2. The van der Waals surface area contributed by atoms with E-state index in [1.165, 1.54) is 11.1 Å². The molecule has 1 aliphatic carbocycles. The molecule has 4 rings (SSSR count). The van der Waals surface area contributed by atoms with Crippen molar-refractivity contribution in [1.29, 1.82) is 0 Å². The maximum atomic E-state index is 6.55. The van der Waals surface area contributed by atoms with E-state index in [2.05, 4.69) is 30.3 Å². The molecule has 0 saturated heterocycles. The lowest BCUT2D eigenvalue weighted by Crippen LogP contribution is -2.20. The largest absolute Gasteiger partial charge is 0.486 e. The molecule has 2 N–H and O–H groups in total. The van der Waals surface area contributed by atoms with Crippen LogP contribution in [0.1, 0.15) is 35.1 Å². The van der Waals surface area contributed by atoms with Gasteiger partial charge in [-0.3, -0.25) is 0 Å². The van der Waals surface area contributed by atoms with Gasteiger partial charge in [0.1, 0.15) is 13.2 Å². The molecule has 1 heterocycles. The second-order valence-electron chi connectivity index (χ2n) is 5.77. The van der Waals surface area contributed by atoms with E-state index in [-0.39, 0.29) is 6.04 Å². The molecular weight excluding hydrogens is 262 g/mol. The minimum absolute atomic E-state index is 0.00414. The molecule has 2 aliphatic rings. The van der Waals surface area contributed by atoms with Crippen LogP contribution in [0.25, 0.3) is 0 Å². The summed E-state index contributed by atoms with van der Waals surface area (Å²) in [5, 5.41) is 0. The molecule has 21 heavy (non-hydrogen) atoms. The lowest BCUT2D eigenvalue weighted by atomic mass is 9.89. The molecule has 0 amide bonds. The molecule has 2 atom stereocenters. The summed E-state index contributed by atoms with van der Waals surface area (Å²) in [4.78, 5) is 0. The van der Waals surface area contributed by atoms with E-state index < -0.39 is 0 Å². The molecule has 0 fully saturated rings. The molecule has 2 aromatic rings. The highest BCUT2D eigenvalue weighted by Gasteiger charge is 2.29. The number of aryl methyl sites for hydroxylation is 1. The van der Waals surface area contributed by atoms with Gasteiger partial charge < -0.3 is 15.2 Å². The lowest BCUT2D eigenvalue weighted by molar-refractivity contribution is 0.171. The summed E-state index contributed by atoms with van der Waals surface area (Å²) >= 11 is 0. The predicted octanol–water partition coefficient (Wildman–Crippen LogP) is 3.19. The van der Waals surface area contributed by atoms with E-state index in [1.807, 2.05) is 12.1 Å². The molecule has 1 aliphatic heterocycles. The minimum Gasteiger partial charge on any atom is -0.486 e. The normalized spacial score (nSPS) is 20.9. The van der Waals surface area contributed by atoms with E-state index in [0.29, 0.717) is 19.1 Å². The average molecular weight is 281 g/mol. The van der Waals surface area contributed by atoms with Gasteiger partial charge in [-0.1, -0.05) is 30.3 Å². The van der Waals surface area contributed by atoms with Gasteiger partial charge in [-0.2, -0.15) is 0 Å². The monoisotopic (exact) mass is 281 g/mol. The van der Waals surface area contributed by atoms with Crippen LogP contribution in [-0.2, 0) is 6.42 Å². The van der Waals surface area contributed by atoms with Crippen LogP contribution in [-0.4, -0.2) is 13.2 Å². The highest BCUT2D eigenvalue weighted by Crippen LogP contribution is 2.42. The molecule has 0 saturated carbocycles. The Morgan fingerprint density at radius 1 is 1.00 bits per heavy atom. The summed E-state index contributed by atoms with van der Waals surface area (Å²) in [6, 6.07) is 14.7. The highest BCUT2D eigenvalue weighted by atomic mass is 16.6. The maximum Gasteiger partial charge on any atom is 0.161 e. The van der Waals surface area contributed by atoms with Crippen molar-refractivity contribution in [1.82, 2.24) is 0 Å². The zero-order valence-electron chi connectivity index (χ0n) is 11.9.